The monoisotopic (exact) mass is 504 g/mol. The van der Waals surface area contributed by atoms with Crippen molar-refractivity contribution < 1.29 is 39.3 Å². The SMILES string of the molecule is C[C@H](CO)NC(=O)[C@@H](C)NC(=O)[C@H](CCC[C@@H](N)C(=O)O)NC(=O)CC[C@H](CO)NC(=O)[C@H](C)N. The van der Waals surface area contributed by atoms with Gasteiger partial charge in [-0.15, -0.1) is 0 Å². The van der Waals surface area contributed by atoms with Crippen LogP contribution in [0.3, 0.4) is 0 Å². The number of aliphatic carboxylic acids is 1. The Morgan fingerprint density at radius 1 is 0.771 bits per heavy atom. The first-order chi connectivity index (χ1) is 16.3. The van der Waals surface area contributed by atoms with Gasteiger partial charge >= 0.3 is 5.97 Å². The number of nitrogens with one attached hydrogen (secondary N) is 4. The van der Waals surface area contributed by atoms with Crippen molar-refractivity contribution in [3.63, 3.8) is 0 Å². The van der Waals surface area contributed by atoms with Crippen LogP contribution in [0.4, 0.5) is 0 Å². The van der Waals surface area contributed by atoms with Gasteiger partial charge in [-0.2, -0.15) is 0 Å². The minimum atomic E-state index is -1.19. The molecular formula is C21H40N6O8. The molecule has 0 radical (unpaired) electrons. The summed E-state index contributed by atoms with van der Waals surface area (Å²) in [6.45, 7) is 3.79. The Bertz CT molecular complexity index is 720. The lowest BCUT2D eigenvalue weighted by molar-refractivity contribution is -0.138. The van der Waals surface area contributed by atoms with Gasteiger partial charge in [0.15, 0.2) is 0 Å². The van der Waals surface area contributed by atoms with Crippen molar-refractivity contribution in [1.29, 1.82) is 0 Å². The molecule has 0 aliphatic rings. The number of amides is 4. The summed E-state index contributed by atoms with van der Waals surface area (Å²) < 4.78 is 0. The number of aliphatic hydroxyl groups excluding tert-OH is 2. The second kappa shape index (κ2) is 16.8. The zero-order chi connectivity index (χ0) is 27.1. The van der Waals surface area contributed by atoms with E-state index >= 15 is 0 Å². The van der Waals surface area contributed by atoms with Gasteiger partial charge < -0.3 is 48.1 Å². The molecule has 11 N–H and O–H groups in total. The van der Waals surface area contributed by atoms with Gasteiger partial charge in [0.05, 0.1) is 25.3 Å². The minimum Gasteiger partial charge on any atom is -0.480 e. The summed E-state index contributed by atoms with van der Waals surface area (Å²) in [5.74, 6) is -3.42. The van der Waals surface area contributed by atoms with Crippen molar-refractivity contribution in [3.8, 4) is 0 Å². The highest BCUT2D eigenvalue weighted by Gasteiger charge is 2.26. The van der Waals surface area contributed by atoms with E-state index in [9.17, 15) is 29.1 Å². The molecule has 6 atom stereocenters. The summed E-state index contributed by atoms with van der Waals surface area (Å²) in [5.41, 5.74) is 11.0. The zero-order valence-electron chi connectivity index (χ0n) is 20.5. The van der Waals surface area contributed by atoms with Gasteiger partial charge in [-0.3, -0.25) is 24.0 Å². The highest BCUT2D eigenvalue weighted by molar-refractivity contribution is 5.92. The number of carbonyl (C=O) groups excluding carboxylic acids is 4. The average Bonchev–Trinajstić information content (AvgIpc) is 2.79. The van der Waals surface area contributed by atoms with E-state index in [4.69, 9.17) is 21.7 Å². The number of carbonyl (C=O) groups is 5. The molecule has 0 spiro atoms. The molecule has 35 heavy (non-hydrogen) atoms. The molecule has 0 unspecified atom stereocenters. The molecule has 0 bridgehead atoms. The van der Waals surface area contributed by atoms with Crippen molar-refractivity contribution in [1.82, 2.24) is 21.3 Å². The van der Waals surface area contributed by atoms with E-state index in [0.717, 1.165) is 0 Å². The van der Waals surface area contributed by atoms with Crippen LogP contribution in [0.5, 0.6) is 0 Å². The van der Waals surface area contributed by atoms with Crippen LogP contribution >= 0.6 is 0 Å². The Kier molecular flexibility index (Phi) is 15.4. The minimum absolute atomic E-state index is 0.0603. The summed E-state index contributed by atoms with van der Waals surface area (Å²) >= 11 is 0. The topological polar surface area (TPSA) is 246 Å². The van der Waals surface area contributed by atoms with Gasteiger partial charge in [0.25, 0.3) is 0 Å². The predicted molar refractivity (Wildman–Crippen MR) is 126 cm³/mol. The van der Waals surface area contributed by atoms with Crippen molar-refractivity contribution in [2.24, 2.45) is 11.5 Å². The van der Waals surface area contributed by atoms with Crippen LogP contribution in [0.15, 0.2) is 0 Å². The van der Waals surface area contributed by atoms with Gasteiger partial charge in [-0.1, -0.05) is 0 Å². The fourth-order valence-corrected chi connectivity index (χ4v) is 2.84. The third-order valence-electron chi connectivity index (χ3n) is 5.09. The number of carboxylic acids is 1. The van der Waals surface area contributed by atoms with Crippen LogP contribution < -0.4 is 32.7 Å². The molecular weight excluding hydrogens is 464 g/mol. The van der Waals surface area contributed by atoms with Gasteiger partial charge in [0.1, 0.15) is 18.1 Å². The number of rotatable bonds is 17. The van der Waals surface area contributed by atoms with E-state index < -0.39 is 72.5 Å². The Hall–Kier alpha value is -2.81. The van der Waals surface area contributed by atoms with Crippen molar-refractivity contribution in [3.05, 3.63) is 0 Å². The van der Waals surface area contributed by atoms with Crippen molar-refractivity contribution in [2.45, 2.75) is 89.1 Å². The smallest absolute Gasteiger partial charge is 0.320 e. The van der Waals surface area contributed by atoms with E-state index in [0.29, 0.717) is 0 Å². The molecule has 0 saturated heterocycles. The normalized spacial score (nSPS) is 16.1. The molecule has 0 aromatic carbocycles. The molecule has 14 heteroatoms. The van der Waals surface area contributed by atoms with Gasteiger partial charge in [-0.25, -0.2) is 0 Å². The Morgan fingerprint density at radius 3 is 1.91 bits per heavy atom. The van der Waals surface area contributed by atoms with E-state index in [-0.39, 0.29) is 38.7 Å². The van der Waals surface area contributed by atoms with E-state index in [1.807, 2.05) is 0 Å². The lowest BCUT2D eigenvalue weighted by atomic mass is 10.0. The maximum absolute atomic E-state index is 12.8. The summed E-state index contributed by atoms with van der Waals surface area (Å²) in [6, 6.07) is -5.19. The number of hydrogen-bond donors (Lipinski definition) is 9. The second-order valence-corrected chi connectivity index (χ2v) is 8.53. The molecule has 0 aromatic heterocycles. The standard InChI is InChI=1S/C21H40N6O8/c1-11(9-28)24-19(32)13(3)25-20(33)16(6-4-5-15(23)21(34)35)27-17(30)8-7-14(10-29)26-18(31)12(2)22/h11-16,28-29H,4-10,22-23H2,1-3H3,(H,24,32)(H,25,33)(H,26,31)(H,27,30)(H,34,35)/t11-,12+,13-,14-,15-,16+/m1/s1. The molecule has 0 heterocycles. The highest BCUT2D eigenvalue weighted by Crippen LogP contribution is 2.06. The maximum Gasteiger partial charge on any atom is 0.320 e. The van der Waals surface area contributed by atoms with Crippen molar-refractivity contribution in [2.75, 3.05) is 13.2 Å². The number of carboxylic acid groups (broad SMARTS) is 1. The first-order valence-corrected chi connectivity index (χ1v) is 11.5. The van der Waals surface area contributed by atoms with Crippen LogP contribution in [0.1, 0.15) is 52.9 Å². The van der Waals surface area contributed by atoms with Crippen LogP contribution in [0.25, 0.3) is 0 Å². The first-order valence-electron chi connectivity index (χ1n) is 11.5. The van der Waals surface area contributed by atoms with Gasteiger partial charge in [-0.05, 0) is 46.5 Å². The second-order valence-electron chi connectivity index (χ2n) is 8.53. The molecule has 0 rings (SSSR count). The fraction of sp³-hybridized carbons (Fsp3) is 0.762. The Balaban J connectivity index is 5.10. The van der Waals surface area contributed by atoms with Crippen LogP contribution in [-0.2, 0) is 24.0 Å². The van der Waals surface area contributed by atoms with E-state index in [2.05, 4.69) is 21.3 Å². The summed E-state index contributed by atoms with van der Waals surface area (Å²) in [4.78, 5) is 60.0. The maximum atomic E-state index is 12.8. The van der Waals surface area contributed by atoms with Crippen LogP contribution in [0, 0.1) is 0 Å². The third-order valence-corrected chi connectivity index (χ3v) is 5.09. The highest BCUT2D eigenvalue weighted by atomic mass is 16.4. The summed E-state index contributed by atoms with van der Waals surface area (Å²) in [5, 5.41) is 37.4. The molecule has 202 valence electrons. The zero-order valence-corrected chi connectivity index (χ0v) is 20.5. The lowest BCUT2D eigenvalue weighted by Crippen LogP contribution is -2.54. The number of hydrogen-bond acceptors (Lipinski definition) is 9. The van der Waals surface area contributed by atoms with Gasteiger partial charge in [0.2, 0.25) is 23.6 Å². The Morgan fingerprint density at radius 2 is 1.40 bits per heavy atom. The van der Waals surface area contributed by atoms with Gasteiger partial charge in [0, 0.05) is 12.5 Å². The number of aliphatic hydroxyl groups is 2. The molecule has 4 amide bonds. The first kappa shape index (κ1) is 32.2. The van der Waals surface area contributed by atoms with Crippen LogP contribution in [0.2, 0.25) is 0 Å². The van der Waals surface area contributed by atoms with Crippen molar-refractivity contribution >= 4 is 29.6 Å². The Labute approximate surface area is 204 Å². The van der Waals surface area contributed by atoms with E-state index in [1.54, 1.807) is 6.92 Å². The molecule has 0 fully saturated rings. The predicted octanol–water partition coefficient (Wildman–Crippen LogP) is -3.34. The molecule has 0 saturated carbocycles. The summed E-state index contributed by atoms with van der Waals surface area (Å²) in [7, 11) is 0. The fourth-order valence-electron chi connectivity index (χ4n) is 2.84. The van der Waals surface area contributed by atoms with Crippen LogP contribution in [-0.4, -0.2) is 94.4 Å². The third kappa shape index (κ3) is 13.6. The quantitative estimate of drug-likeness (QED) is 0.0952. The molecule has 14 nitrogen and oxygen atoms in total. The lowest BCUT2D eigenvalue weighted by Gasteiger charge is -2.23. The average molecular weight is 505 g/mol. The van der Waals surface area contributed by atoms with E-state index in [1.165, 1.54) is 13.8 Å². The number of nitrogens with two attached hydrogens (primary N) is 2. The molecule has 0 aliphatic heterocycles. The molecule has 0 aliphatic carbocycles. The molecule has 0 aromatic rings. The largest absolute Gasteiger partial charge is 0.480 e. The summed E-state index contributed by atoms with van der Waals surface area (Å²) in [6.07, 6.45) is 0.279.